The quantitative estimate of drug-likeness (QED) is 0.432. The Kier molecular flexibility index (Phi) is 3.10. The lowest BCUT2D eigenvalue weighted by atomic mass is 9.91. The van der Waals surface area contributed by atoms with E-state index in [2.05, 4.69) is 22.6 Å². The van der Waals surface area contributed by atoms with Gasteiger partial charge in [-0.05, 0) is 0 Å². The Morgan fingerprint density at radius 2 is 2.36 bits per heavy atom. The zero-order valence-electron chi connectivity index (χ0n) is 7.85. The molecule has 2 rings (SSSR count). The highest BCUT2D eigenvalue weighted by Crippen LogP contribution is 2.44. The van der Waals surface area contributed by atoms with E-state index in [1.54, 1.807) is 7.11 Å². The molecular formula is C8H12BIO4. The van der Waals surface area contributed by atoms with E-state index in [9.17, 15) is 5.11 Å². The van der Waals surface area contributed by atoms with Gasteiger partial charge in [0, 0.05) is 17.5 Å². The molecule has 1 N–H and O–H groups in total. The maximum Gasteiger partial charge on any atom is 0.133 e. The zero-order chi connectivity index (χ0) is 10.3. The smallest absolute Gasteiger partial charge is 0.133 e. The minimum atomic E-state index is -0.680. The van der Waals surface area contributed by atoms with Crippen LogP contribution in [0, 0.1) is 0 Å². The highest BCUT2D eigenvalue weighted by Gasteiger charge is 2.64. The summed E-state index contributed by atoms with van der Waals surface area (Å²) in [6.45, 7) is 0.420. The molecule has 6 heteroatoms. The second kappa shape index (κ2) is 3.90. The first-order chi connectivity index (χ1) is 6.65. The standard InChI is InChI=1S/C8H12BIO4/c1-12-2-4-8(3-10)6(11)5(13-4)7(9)14-8/h4-7,11H,2-3H2,1H3/t4?,5?,6?,7-,8+/m1/s1. The molecule has 2 bridgehead atoms. The van der Waals surface area contributed by atoms with Crippen LogP contribution in [0.5, 0.6) is 0 Å². The molecule has 0 aromatic carbocycles. The molecule has 78 valence electrons. The summed E-state index contributed by atoms with van der Waals surface area (Å²) in [5.41, 5.74) is -0.680. The first-order valence-electron chi connectivity index (χ1n) is 4.47. The van der Waals surface area contributed by atoms with E-state index >= 15 is 0 Å². The van der Waals surface area contributed by atoms with Crippen molar-refractivity contribution in [2.45, 2.75) is 29.9 Å². The molecule has 0 saturated carbocycles. The first kappa shape index (κ1) is 11.1. The summed E-state index contributed by atoms with van der Waals surface area (Å²) in [4.78, 5) is 0. The number of hydrogen-bond donors (Lipinski definition) is 1. The summed E-state index contributed by atoms with van der Waals surface area (Å²) in [5, 5.41) is 9.96. The SMILES string of the molecule is [B][C@@H]1O[C@@]2(CI)C(COC)OC1C2O. The van der Waals surface area contributed by atoms with Crippen molar-refractivity contribution in [3.8, 4) is 0 Å². The van der Waals surface area contributed by atoms with Gasteiger partial charge in [-0.3, -0.25) is 0 Å². The molecule has 0 spiro atoms. The van der Waals surface area contributed by atoms with Crippen LogP contribution in [0.15, 0.2) is 0 Å². The molecule has 0 aromatic heterocycles. The number of hydrogen-bond acceptors (Lipinski definition) is 4. The third-order valence-electron chi connectivity index (χ3n) is 2.88. The molecule has 2 fully saturated rings. The molecule has 0 aromatic rings. The Bertz CT molecular complexity index is 229. The first-order valence-corrected chi connectivity index (χ1v) is 6.00. The van der Waals surface area contributed by atoms with Crippen molar-refractivity contribution in [2.75, 3.05) is 18.1 Å². The van der Waals surface area contributed by atoms with Gasteiger partial charge in [0.15, 0.2) is 0 Å². The van der Waals surface area contributed by atoms with Crippen LogP contribution in [0.3, 0.4) is 0 Å². The van der Waals surface area contributed by atoms with Crippen LogP contribution in [0.2, 0.25) is 0 Å². The van der Waals surface area contributed by atoms with Gasteiger partial charge in [0.05, 0.1) is 6.61 Å². The number of ether oxygens (including phenoxy) is 3. The van der Waals surface area contributed by atoms with Crippen LogP contribution in [0.4, 0.5) is 0 Å². The lowest BCUT2D eigenvalue weighted by molar-refractivity contribution is -0.167. The summed E-state index contributed by atoms with van der Waals surface area (Å²) < 4.78 is 16.9. The summed E-state index contributed by atoms with van der Waals surface area (Å²) in [5.74, 6) is 0. The van der Waals surface area contributed by atoms with Gasteiger partial charge in [-0.2, -0.15) is 0 Å². The number of alkyl halides is 1. The molecule has 0 amide bonds. The summed E-state index contributed by atoms with van der Waals surface area (Å²) >= 11 is 2.17. The molecule has 0 aliphatic carbocycles. The van der Waals surface area contributed by atoms with Gasteiger partial charge in [-0.25, -0.2) is 0 Å². The van der Waals surface area contributed by atoms with Crippen LogP contribution in [0.1, 0.15) is 0 Å². The minimum Gasteiger partial charge on any atom is -0.387 e. The number of halogens is 1. The van der Waals surface area contributed by atoms with Crippen molar-refractivity contribution in [1.29, 1.82) is 0 Å². The summed E-state index contributed by atoms with van der Waals surface area (Å²) in [7, 11) is 7.28. The molecule has 2 radical (unpaired) electrons. The van der Waals surface area contributed by atoms with Gasteiger partial charge in [-0.15, -0.1) is 0 Å². The molecular weight excluding hydrogens is 298 g/mol. The van der Waals surface area contributed by atoms with E-state index in [-0.39, 0.29) is 6.10 Å². The van der Waals surface area contributed by atoms with Gasteiger partial charge in [0.25, 0.3) is 0 Å². The Labute approximate surface area is 97.8 Å². The van der Waals surface area contributed by atoms with Crippen molar-refractivity contribution in [3.05, 3.63) is 0 Å². The second-order valence-corrected chi connectivity index (χ2v) is 4.42. The number of fused-ring (bicyclic) bond motifs is 2. The Morgan fingerprint density at radius 3 is 2.86 bits per heavy atom. The van der Waals surface area contributed by atoms with Gasteiger partial charge in [0.2, 0.25) is 0 Å². The molecule has 5 atom stereocenters. The molecule has 2 aliphatic rings. The third kappa shape index (κ3) is 1.35. The largest absolute Gasteiger partial charge is 0.387 e. The number of methoxy groups -OCH3 is 1. The van der Waals surface area contributed by atoms with E-state index < -0.39 is 23.8 Å². The van der Waals surface area contributed by atoms with Crippen LogP contribution >= 0.6 is 22.6 Å². The molecule has 2 heterocycles. The molecule has 4 nitrogen and oxygen atoms in total. The molecule has 3 unspecified atom stereocenters. The fraction of sp³-hybridized carbons (Fsp3) is 1.00. The van der Waals surface area contributed by atoms with Gasteiger partial charge in [0.1, 0.15) is 31.8 Å². The van der Waals surface area contributed by atoms with Crippen molar-refractivity contribution < 1.29 is 19.3 Å². The maximum atomic E-state index is 9.96. The predicted molar refractivity (Wildman–Crippen MR) is 58.8 cm³/mol. The average molecular weight is 310 g/mol. The molecule has 2 saturated heterocycles. The Balaban J connectivity index is 2.20. The number of aliphatic hydroxyl groups excluding tert-OH is 1. The number of rotatable bonds is 3. The molecule has 14 heavy (non-hydrogen) atoms. The predicted octanol–water partition coefficient (Wildman–Crippen LogP) is -0.540. The van der Waals surface area contributed by atoms with E-state index in [4.69, 9.17) is 22.1 Å². The second-order valence-electron chi connectivity index (χ2n) is 3.66. The van der Waals surface area contributed by atoms with Crippen molar-refractivity contribution in [3.63, 3.8) is 0 Å². The minimum absolute atomic E-state index is 0.218. The van der Waals surface area contributed by atoms with Gasteiger partial charge in [-0.1, -0.05) is 22.6 Å². The topological polar surface area (TPSA) is 47.9 Å². The lowest BCUT2D eigenvalue weighted by Crippen LogP contribution is -2.51. The van der Waals surface area contributed by atoms with Crippen LogP contribution < -0.4 is 0 Å². The van der Waals surface area contributed by atoms with Crippen molar-refractivity contribution in [2.24, 2.45) is 0 Å². The van der Waals surface area contributed by atoms with Crippen LogP contribution in [-0.4, -0.2) is 61.0 Å². The third-order valence-corrected chi connectivity index (χ3v) is 4.08. The zero-order valence-corrected chi connectivity index (χ0v) is 10.0. The average Bonchev–Trinajstić information content (AvgIpc) is 2.56. The Morgan fingerprint density at radius 1 is 1.64 bits per heavy atom. The fourth-order valence-corrected chi connectivity index (χ4v) is 3.22. The maximum absolute atomic E-state index is 9.96. The normalized spacial score (nSPS) is 51.4. The monoisotopic (exact) mass is 310 g/mol. The van der Waals surface area contributed by atoms with Crippen LogP contribution in [0.25, 0.3) is 0 Å². The fourth-order valence-electron chi connectivity index (χ4n) is 2.10. The highest BCUT2D eigenvalue weighted by molar-refractivity contribution is 14.1. The number of aliphatic hydroxyl groups is 1. The van der Waals surface area contributed by atoms with E-state index in [0.29, 0.717) is 11.0 Å². The molecule has 2 aliphatic heterocycles. The lowest BCUT2D eigenvalue weighted by Gasteiger charge is -2.35. The Hall–Kier alpha value is 0.635. The van der Waals surface area contributed by atoms with E-state index in [1.165, 1.54) is 0 Å². The van der Waals surface area contributed by atoms with E-state index in [1.807, 2.05) is 0 Å². The van der Waals surface area contributed by atoms with Crippen molar-refractivity contribution in [1.82, 2.24) is 0 Å². The van der Waals surface area contributed by atoms with Gasteiger partial charge < -0.3 is 19.3 Å². The summed E-state index contributed by atoms with van der Waals surface area (Å²) in [6.07, 6.45) is -1.27. The van der Waals surface area contributed by atoms with Crippen LogP contribution in [-0.2, 0) is 14.2 Å². The van der Waals surface area contributed by atoms with Crippen molar-refractivity contribution >= 4 is 30.4 Å². The van der Waals surface area contributed by atoms with E-state index in [0.717, 1.165) is 0 Å². The summed E-state index contributed by atoms with van der Waals surface area (Å²) in [6, 6.07) is -0.520. The van der Waals surface area contributed by atoms with Gasteiger partial charge >= 0.3 is 0 Å². The highest BCUT2D eigenvalue weighted by atomic mass is 127.